The average molecular weight is 231 g/mol. The van der Waals surface area contributed by atoms with Gasteiger partial charge >= 0.3 is 0 Å². The van der Waals surface area contributed by atoms with Gasteiger partial charge in [0.15, 0.2) is 0 Å². The number of halogens is 1. The topological polar surface area (TPSA) is 45.2 Å². The second-order valence-electron chi connectivity index (χ2n) is 2.47. The lowest BCUT2D eigenvalue weighted by Crippen LogP contribution is -2.07. The van der Waals surface area contributed by atoms with Gasteiger partial charge in [-0.3, -0.25) is 0 Å². The highest BCUT2D eigenvalue weighted by Crippen LogP contribution is 2.16. The van der Waals surface area contributed by atoms with Crippen LogP contribution in [0.3, 0.4) is 0 Å². The number of hydrogen-bond acceptors (Lipinski definition) is 3. The van der Waals surface area contributed by atoms with E-state index in [0.717, 1.165) is 15.9 Å². The van der Waals surface area contributed by atoms with Gasteiger partial charge < -0.3 is 10.4 Å². The van der Waals surface area contributed by atoms with Crippen LogP contribution in [-0.2, 0) is 0 Å². The van der Waals surface area contributed by atoms with Gasteiger partial charge in [0, 0.05) is 17.2 Å². The molecule has 0 saturated carbocycles. The van der Waals surface area contributed by atoms with E-state index >= 15 is 0 Å². The largest absolute Gasteiger partial charge is 0.395 e. The van der Waals surface area contributed by atoms with Crippen LogP contribution in [0.25, 0.3) is 0 Å². The first-order chi connectivity index (χ1) is 5.74. The van der Waals surface area contributed by atoms with Crippen molar-refractivity contribution in [3.05, 3.63) is 22.3 Å². The van der Waals surface area contributed by atoms with Gasteiger partial charge in [-0.25, -0.2) is 4.98 Å². The number of aliphatic hydroxyl groups excluding tert-OH is 1. The van der Waals surface area contributed by atoms with Gasteiger partial charge in [-0.05, 0) is 34.5 Å². The van der Waals surface area contributed by atoms with Gasteiger partial charge in [-0.2, -0.15) is 0 Å². The third-order valence-corrected chi connectivity index (χ3v) is 1.88. The lowest BCUT2D eigenvalue weighted by molar-refractivity contribution is 0.311. The number of aliphatic hydroxyl groups is 1. The van der Waals surface area contributed by atoms with Gasteiger partial charge in [0.05, 0.1) is 6.61 Å². The standard InChI is InChI=1S/C8H11BrN2O/c1-6-4-7(9)5-11-8(6)10-2-3-12/h4-5,12H,2-3H2,1H3,(H,10,11). The summed E-state index contributed by atoms with van der Waals surface area (Å²) in [6.45, 7) is 2.63. The summed E-state index contributed by atoms with van der Waals surface area (Å²) < 4.78 is 0.967. The summed E-state index contributed by atoms with van der Waals surface area (Å²) in [5, 5.41) is 11.6. The molecule has 0 aliphatic rings. The highest BCUT2D eigenvalue weighted by atomic mass is 79.9. The second-order valence-corrected chi connectivity index (χ2v) is 3.39. The zero-order valence-electron chi connectivity index (χ0n) is 6.84. The molecule has 0 fully saturated rings. The van der Waals surface area contributed by atoms with Gasteiger partial charge in [-0.1, -0.05) is 0 Å². The van der Waals surface area contributed by atoms with Gasteiger partial charge in [0.1, 0.15) is 5.82 Å². The fourth-order valence-corrected chi connectivity index (χ4v) is 1.35. The minimum Gasteiger partial charge on any atom is -0.395 e. The lowest BCUT2D eigenvalue weighted by atomic mass is 10.3. The van der Waals surface area contributed by atoms with E-state index in [1.54, 1.807) is 6.20 Å². The number of nitrogens with zero attached hydrogens (tertiary/aromatic N) is 1. The Morgan fingerprint density at radius 2 is 2.42 bits per heavy atom. The van der Waals surface area contributed by atoms with Crippen molar-refractivity contribution in [2.45, 2.75) is 6.92 Å². The molecule has 12 heavy (non-hydrogen) atoms. The van der Waals surface area contributed by atoms with E-state index in [1.807, 2.05) is 13.0 Å². The zero-order valence-corrected chi connectivity index (χ0v) is 8.43. The Kier molecular flexibility index (Phi) is 3.49. The Hall–Kier alpha value is -0.610. The molecule has 0 radical (unpaired) electrons. The molecule has 0 amide bonds. The molecule has 0 spiro atoms. The predicted molar refractivity (Wildman–Crippen MR) is 52.2 cm³/mol. The Morgan fingerprint density at radius 1 is 1.67 bits per heavy atom. The number of hydrogen-bond donors (Lipinski definition) is 2. The van der Waals surface area contributed by atoms with Crippen molar-refractivity contribution >= 4 is 21.7 Å². The molecule has 0 bridgehead atoms. The minimum absolute atomic E-state index is 0.122. The fraction of sp³-hybridized carbons (Fsp3) is 0.375. The number of anilines is 1. The highest BCUT2D eigenvalue weighted by molar-refractivity contribution is 9.10. The number of aryl methyl sites for hydroxylation is 1. The molecule has 0 aliphatic heterocycles. The van der Waals surface area contributed by atoms with E-state index in [0.29, 0.717) is 6.54 Å². The monoisotopic (exact) mass is 230 g/mol. The Balaban J connectivity index is 2.72. The summed E-state index contributed by atoms with van der Waals surface area (Å²) in [6, 6.07) is 1.98. The van der Waals surface area contributed by atoms with E-state index in [1.165, 1.54) is 0 Å². The van der Waals surface area contributed by atoms with Crippen molar-refractivity contribution < 1.29 is 5.11 Å². The lowest BCUT2D eigenvalue weighted by Gasteiger charge is -2.06. The number of nitrogens with one attached hydrogen (secondary N) is 1. The Bertz CT molecular complexity index is 265. The average Bonchev–Trinajstić information content (AvgIpc) is 2.03. The Morgan fingerprint density at radius 3 is 3.00 bits per heavy atom. The molecule has 0 aromatic carbocycles. The zero-order chi connectivity index (χ0) is 8.97. The van der Waals surface area contributed by atoms with Crippen molar-refractivity contribution in [3.63, 3.8) is 0 Å². The first-order valence-electron chi connectivity index (χ1n) is 3.71. The van der Waals surface area contributed by atoms with Gasteiger partial charge in [0.25, 0.3) is 0 Å². The van der Waals surface area contributed by atoms with Gasteiger partial charge in [-0.15, -0.1) is 0 Å². The summed E-state index contributed by atoms with van der Waals surface area (Å²) in [5.74, 6) is 0.826. The van der Waals surface area contributed by atoms with Crippen molar-refractivity contribution in [2.75, 3.05) is 18.5 Å². The smallest absolute Gasteiger partial charge is 0.128 e. The first-order valence-corrected chi connectivity index (χ1v) is 4.50. The molecular weight excluding hydrogens is 220 g/mol. The van der Waals surface area contributed by atoms with E-state index in [-0.39, 0.29) is 6.61 Å². The minimum atomic E-state index is 0.122. The van der Waals surface area contributed by atoms with Gasteiger partial charge in [0.2, 0.25) is 0 Å². The van der Waals surface area contributed by atoms with Crippen molar-refractivity contribution in [1.82, 2.24) is 4.98 Å². The molecule has 0 atom stereocenters. The molecule has 3 nitrogen and oxygen atoms in total. The van der Waals surface area contributed by atoms with Crippen LogP contribution in [0, 0.1) is 6.92 Å². The summed E-state index contributed by atoms with van der Waals surface area (Å²) in [7, 11) is 0. The van der Waals surface area contributed by atoms with Crippen molar-refractivity contribution in [3.8, 4) is 0 Å². The van der Waals surface area contributed by atoms with E-state index in [2.05, 4.69) is 26.2 Å². The second kappa shape index (κ2) is 4.42. The molecule has 1 aromatic heterocycles. The molecule has 4 heteroatoms. The van der Waals surface area contributed by atoms with Crippen molar-refractivity contribution in [1.29, 1.82) is 0 Å². The maximum absolute atomic E-state index is 8.57. The van der Waals surface area contributed by atoms with Crippen LogP contribution < -0.4 is 5.32 Å². The first kappa shape index (κ1) is 9.48. The molecule has 2 N–H and O–H groups in total. The maximum atomic E-state index is 8.57. The Labute approximate surface area is 80.0 Å². The maximum Gasteiger partial charge on any atom is 0.128 e. The van der Waals surface area contributed by atoms with E-state index in [9.17, 15) is 0 Å². The van der Waals surface area contributed by atoms with Crippen LogP contribution in [0.5, 0.6) is 0 Å². The number of aromatic nitrogens is 1. The van der Waals surface area contributed by atoms with Crippen LogP contribution in [0.15, 0.2) is 16.7 Å². The summed E-state index contributed by atoms with van der Waals surface area (Å²) >= 11 is 3.32. The molecular formula is C8H11BrN2O. The SMILES string of the molecule is Cc1cc(Br)cnc1NCCO. The molecule has 0 saturated heterocycles. The molecule has 0 aliphatic carbocycles. The van der Waals surface area contributed by atoms with E-state index < -0.39 is 0 Å². The van der Waals surface area contributed by atoms with Crippen LogP contribution in [0.1, 0.15) is 5.56 Å². The third-order valence-electron chi connectivity index (χ3n) is 1.45. The molecule has 1 heterocycles. The molecule has 1 aromatic rings. The number of pyridine rings is 1. The molecule has 1 rings (SSSR count). The third kappa shape index (κ3) is 2.46. The fourth-order valence-electron chi connectivity index (χ4n) is 0.900. The van der Waals surface area contributed by atoms with E-state index in [4.69, 9.17) is 5.11 Å². The summed E-state index contributed by atoms with van der Waals surface area (Å²) in [5.41, 5.74) is 1.07. The quantitative estimate of drug-likeness (QED) is 0.829. The molecule has 0 unspecified atom stereocenters. The van der Waals surface area contributed by atoms with Crippen LogP contribution in [0.4, 0.5) is 5.82 Å². The van der Waals surface area contributed by atoms with Crippen LogP contribution in [-0.4, -0.2) is 23.2 Å². The predicted octanol–water partition coefficient (Wildman–Crippen LogP) is 1.56. The normalized spacial score (nSPS) is 9.92. The van der Waals surface area contributed by atoms with Crippen molar-refractivity contribution in [2.24, 2.45) is 0 Å². The van der Waals surface area contributed by atoms with Crippen LogP contribution >= 0.6 is 15.9 Å². The molecule has 66 valence electrons. The summed E-state index contributed by atoms with van der Waals surface area (Å²) in [4.78, 5) is 4.15. The highest BCUT2D eigenvalue weighted by Gasteiger charge is 1.98. The number of rotatable bonds is 3. The van der Waals surface area contributed by atoms with Crippen LogP contribution in [0.2, 0.25) is 0 Å². The summed E-state index contributed by atoms with van der Waals surface area (Å²) in [6.07, 6.45) is 1.73.